The van der Waals surface area contributed by atoms with E-state index in [2.05, 4.69) is 36.1 Å². The molecular weight excluding hydrogens is 506 g/mol. The van der Waals surface area contributed by atoms with Crippen LogP contribution >= 0.6 is 27.3 Å². The first-order valence-electron chi connectivity index (χ1n) is 10.1. The lowest BCUT2D eigenvalue weighted by molar-refractivity contribution is -0.139. The Morgan fingerprint density at radius 2 is 2.16 bits per heavy atom. The lowest BCUT2D eigenvalue weighted by Gasteiger charge is -2.32. The summed E-state index contributed by atoms with van der Waals surface area (Å²) in [5.74, 6) is -0.593. The highest BCUT2D eigenvalue weighted by molar-refractivity contribution is 9.10. The van der Waals surface area contributed by atoms with Crippen molar-refractivity contribution in [3.8, 4) is 0 Å². The lowest BCUT2D eigenvalue weighted by Crippen LogP contribution is -2.43. The molecule has 1 aromatic carbocycles. The number of nitrogens with one attached hydrogen (secondary N) is 1. The van der Waals surface area contributed by atoms with Crippen LogP contribution in [0.4, 0.5) is 8.78 Å². The quantitative estimate of drug-likeness (QED) is 0.581. The van der Waals surface area contributed by atoms with Crippen LogP contribution in [0, 0.1) is 10.9 Å². The standard InChI is InChI=1S/C21H21BrF2N4O3S/c1-2-31-21(29)17-15(11-28-5-7-30-8-6-28)26-19(20-25-10-16(24)32-20)27-18(17)13-4-3-12(23)9-14(13)22/h3-4,9-10,18H,2,5-8,11H2,1H3,(H,26,27). The second kappa shape index (κ2) is 10.2. The molecule has 1 fully saturated rings. The van der Waals surface area contributed by atoms with Gasteiger partial charge < -0.3 is 14.8 Å². The van der Waals surface area contributed by atoms with E-state index in [1.165, 1.54) is 12.1 Å². The van der Waals surface area contributed by atoms with E-state index in [-0.39, 0.29) is 6.61 Å². The third-order valence-electron chi connectivity index (χ3n) is 5.04. The number of carbonyl (C=O) groups excluding carboxylic acids is 1. The number of amidine groups is 1. The third-order valence-corrected chi connectivity index (χ3v) is 6.52. The maximum Gasteiger partial charge on any atom is 0.338 e. The Balaban J connectivity index is 1.82. The fraction of sp³-hybridized carbons (Fsp3) is 0.381. The number of nitrogens with zero attached hydrogens (tertiary/aromatic N) is 3. The molecule has 3 heterocycles. The van der Waals surface area contributed by atoms with Crippen LogP contribution < -0.4 is 5.32 Å². The summed E-state index contributed by atoms with van der Waals surface area (Å²) < 4.78 is 38.7. The van der Waals surface area contributed by atoms with Gasteiger partial charge in [0, 0.05) is 29.8 Å². The van der Waals surface area contributed by atoms with Crippen LogP contribution in [0.1, 0.15) is 23.5 Å². The number of esters is 1. The highest BCUT2D eigenvalue weighted by Gasteiger charge is 2.34. The third kappa shape index (κ3) is 5.06. The number of hydrogen-bond acceptors (Lipinski definition) is 8. The largest absolute Gasteiger partial charge is 0.463 e. The van der Waals surface area contributed by atoms with Crippen molar-refractivity contribution in [1.29, 1.82) is 0 Å². The summed E-state index contributed by atoms with van der Waals surface area (Å²) in [7, 11) is 0. The molecule has 1 unspecified atom stereocenters. The SMILES string of the molecule is CCOC(=O)C1=C(CN2CCOCC2)NC(c2ncc(F)s2)=NC1c1ccc(F)cc1Br. The summed E-state index contributed by atoms with van der Waals surface area (Å²) in [6.07, 6.45) is 1.12. The number of ether oxygens (including phenoxy) is 2. The van der Waals surface area contributed by atoms with Crippen molar-refractivity contribution in [3.63, 3.8) is 0 Å². The van der Waals surface area contributed by atoms with Gasteiger partial charge in [0.2, 0.25) is 0 Å². The number of benzene rings is 1. The first-order valence-corrected chi connectivity index (χ1v) is 11.7. The van der Waals surface area contributed by atoms with Crippen LogP contribution in [0.15, 0.2) is 45.1 Å². The number of carbonyl (C=O) groups is 1. The molecule has 1 atom stereocenters. The molecule has 2 aliphatic heterocycles. The van der Waals surface area contributed by atoms with Crippen LogP contribution in [-0.4, -0.2) is 61.1 Å². The van der Waals surface area contributed by atoms with Crippen molar-refractivity contribution in [3.05, 3.63) is 61.7 Å². The maximum absolute atomic E-state index is 13.8. The van der Waals surface area contributed by atoms with Gasteiger partial charge in [-0.15, -0.1) is 0 Å². The van der Waals surface area contributed by atoms with Gasteiger partial charge in [-0.25, -0.2) is 14.2 Å². The van der Waals surface area contributed by atoms with E-state index < -0.39 is 23.0 Å². The fourth-order valence-corrected chi connectivity index (χ4v) is 4.74. The number of aromatic nitrogens is 1. The summed E-state index contributed by atoms with van der Waals surface area (Å²) in [5, 5.41) is 3.10. The summed E-state index contributed by atoms with van der Waals surface area (Å²) in [6.45, 7) is 4.92. The number of hydrogen-bond donors (Lipinski definition) is 1. The van der Waals surface area contributed by atoms with Gasteiger partial charge >= 0.3 is 5.97 Å². The Bertz CT molecular complexity index is 1070. The van der Waals surface area contributed by atoms with Crippen molar-refractivity contribution >= 4 is 39.1 Å². The highest BCUT2D eigenvalue weighted by Crippen LogP contribution is 2.37. The van der Waals surface area contributed by atoms with Crippen LogP contribution in [0.5, 0.6) is 0 Å². The zero-order chi connectivity index (χ0) is 22.7. The van der Waals surface area contributed by atoms with E-state index in [1.807, 2.05) is 0 Å². The molecule has 0 aliphatic carbocycles. The summed E-state index contributed by atoms with van der Waals surface area (Å²) in [4.78, 5) is 24.0. The number of rotatable bonds is 6. The molecule has 0 amide bonds. The van der Waals surface area contributed by atoms with E-state index >= 15 is 0 Å². The normalized spacial score (nSPS) is 19.5. The molecule has 0 spiro atoms. The Labute approximate surface area is 196 Å². The van der Waals surface area contributed by atoms with Crippen molar-refractivity contribution in [2.75, 3.05) is 39.5 Å². The first-order chi connectivity index (χ1) is 15.5. The summed E-state index contributed by atoms with van der Waals surface area (Å²) in [6, 6.07) is 3.42. The predicted molar refractivity (Wildman–Crippen MR) is 120 cm³/mol. The molecule has 0 radical (unpaired) electrons. The van der Waals surface area contributed by atoms with E-state index in [1.54, 1.807) is 13.0 Å². The topological polar surface area (TPSA) is 76.0 Å². The van der Waals surface area contributed by atoms with Crippen molar-refractivity contribution < 1.29 is 23.0 Å². The molecule has 170 valence electrons. The van der Waals surface area contributed by atoms with Crippen molar-refractivity contribution in [2.24, 2.45) is 4.99 Å². The van der Waals surface area contributed by atoms with Crippen molar-refractivity contribution in [1.82, 2.24) is 15.2 Å². The van der Waals surface area contributed by atoms with Gasteiger partial charge in [0.25, 0.3) is 0 Å². The van der Waals surface area contributed by atoms with Gasteiger partial charge in [0.05, 0.1) is 31.6 Å². The van der Waals surface area contributed by atoms with Gasteiger partial charge in [0.1, 0.15) is 11.9 Å². The zero-order valence-electron chi connectivity index (χ0n) is 17.2. The molecule has 0 bridgehead atoms. The van der Waals surface area contributed by atoms with Gasteiger partial charge in [-0.05, 0) is 24.6 Å². The van der Waals surface area contributed by atoms with Crippen LogP contribution in [-0.2, 0) is 14.3 Å². The summed E-state index contributed by atoms with van der Waals surface area (Å²) in [5.41, 5.74) is 1.50. The van der Waals surface area contributed by atoms with Crippen molar-refractivity contribution in [2.45, 2.75) is 13.0 Å². The smallest absolute Gasteiger partial charge is 0.338 e. The average molecular weight is 527 g/mol. The molecule has 11 heteroatoms. The number of morpholine rings is 1. The maximum atomic E-state index is 13.8. The average Bonchev–Trinajstić information content (AvgIpc) is 3.20. The Hall–Kier alpha value is -2.21. The van der Waals surface area contributed by atoms with Gasteiger partial charge in [-0.2, -0.15) is 4.39 Å². The molecule has 1 N–H and O–H groups in total. The summed E-state index contributed by atoms with van der Waals surface area (Å²) >= 11 is 4.24. The Morgan fingerprint density at radius 1 is 1.38 bits per heavy atom. The molecule has 4 rings (SSSR count). The molecule has 7 nitrogen and oxygen atoms in total. The Morgan fingerprint density at radius 3 is 2.81 bits per heavy atom. The predicted octanol–water partition coefficient (Wildman–Crippen LogP) is 3.42. The van der Waals surface area contributed by atoms with E-state index in [4.69, 9.17) is 9.47 Å². The Kier molecular flexibility index (Phi) is 7.29. The van der Waals surface area contributed by atoms with Crippen LogP contribution in [0.2, 0.25) is 0 Å². The number of aliphatic imine (C=N–C) groups is 1. The van der Waals surface area contributed by atoms with E-state index in [9.17, 15) is 13.6 Å². The second-order valence-electron chi connectivity index (χ2n) is 7.14. The number of thiazole rings is 1. The van der Waals surface area contributed by atoms with E-state index in [0.717, 1.165) is 17.5 Å². The molecule has 2 aromatic rings. The van der Waals surface area contributed by atoms with Gasteiger partial charge in [0.15, 0.2) is 16.0 Å². The second-order valence-corrected chi connectivity index (χ2v) is 8.98. The number of halogens is 3. The minimum absolute atomic E-state index is 0.193. The highest BCUT2D eigenvalue weighted by atomic mass is 79.9. The molecule has 1 aromatic heterocycles. The van der Waals surface area contributed by atoms with Gasteiger partial charge in [-0.1, -0.05) is 33.3 Å². The molecular formula is C21H21BrF2N4O3S. The zero-order valence-corrected chi connectivity index (χ0v) is 19.6. The fourth-order valence-electron chi connectivity index (χ4n) is 3.57. The monoisotopic (exact) mass is 526 g/mol. The lowest BCUT2D eigenvalue weighted by atomic mass is 9.95. The molecule has 32 heavy (non-hydrogen) atoms. The van der Waals surface area contributed by atoms with E-state index in [0.29, 0.717) is 65.0 Å². The van der Waals surface area contributed by atoms with Crippen LogP contribution in [0.25, 0.3) is 0 Å². The molecule has 2 aliphatic rings. The molecule has 1 saturated heterocycles. The minimum Gasteiger partial charge on any atom is -0.463 e. The van der Waals surface area contributed by atoms with Gasteiger partial charge in [-0.3, -0.25) is 9.89 Å². The first kappa shape index (κ1) is 23.0. The van der Waals surface area contributed by atoms with Crippen LogP contribution in [0.3, 0.4) is 0 Å². The molecule has 0 saturated carbocycles. The minimum atomic E-state index is -0.789.